The first kappa shape index (κ1) is 16.7. The van der Waals surface area contributed by atoms with Crippen molar-refractivity contribution in [2.75, 3.05) is 11.9 Å². The molecule has 0 saturated carbocycles. The highest BCUT2D eigenvalue weighted by Crippen LogP contribution is 2.27. The van der Waals surface area contributed by atoms with Gasteiger partial charge in [-0.05, 0) is 50.1 Å². The smallest absolute Gasteiger partial charge is 0.293 e. The monoisotopic (exact) mass is 317 g/mol. The van der Waals surface area contributed by atoms with Crippen LogP contribution in [0.2, 0.25) is 0 Å². The van der Waals surface area contributed by atoms with Crippen molar-refractivity contribution >= 4 is 17.3 Å². The molecule has 2 rings (SSSR count). The van der Waals surface area contributed by atoms with Crippen LogP contribution in [-0.4, -0.2) is 17.4 Å². The molecule has 1 aromatic heterocycles. The van der Waals surface area contributed by atoms with Crippen LogP contribution in [0.5, 0.6) is 0 Å². The minimum atomic E-state index is -0.499. The van der Waals surface area contributed by atoms with Gasteiger partial charge in [0.1, 0.15) is 11.4 Å². The summed E-state index contributed by atoms with van der Waals surface area (Å²) < 4.78 is 5.24. The maximum Gasteiger partial charge on any atom is 0.293 e. The first-order chi connectivity index (χ1) is 10.9. The first-order valence-electron chi connectivity index (χ1n) is 7.20. The SMILES string of the molecule is Cc1cc(NC(=O)CN[C@@H](C)c2ccco2)c([N+](=O)[O-])cc1C. The molecule has 23 heavy (non-hydrogen) atoms. The van der Waals surface area contributed by atoms with Crippen molar-refractivity contribution in [3.8, 4) is 0 Å². The summed E-state index contributed by atoms with van der Waals surface area (Å²) in [5.41, 5.74) is 1.78. The second kappa shape index (κ2) is 7.06. The predicted octanol–water partition coefficient (Wildman–Crippen LogP) is 3.09. The molecule has 0 radical (unpaired) electrons. The number of amides is 1. The molecule has 0 aliphatic heterocycles. The van der Waals surface area contributed by atoms with E-state index >= 15 is 0 Å². The second-order valence-electron chi connectivity index (χ2n) is 5.38. The summed E-state index contributed by atoms with van der Waals surface area (Å²) in [6.45, 7) is 5.52. The van der Waals surface area contributed by atoms with E-state index in [1.54, 1.807) is 25.3 Å². The molecule has 0 aliphatic carbocycles. The summed E-state index contributed by atoms with van der Waals surface area (Å²) in [4.78, 5) is 22.6. The third-order valence-corrected chi connectivity index (χ3v) is 3.62. The standard InChI is InChI=1S/C16H19N3O4/c1-10-7-13(14(19(21)22)8-11(10)2)18-16(20)9-17-12(3)15-5-4-6-23-15/h4-8,12,17H,9H2,1-3H3,(H,18,20)/t12-/m0/s1. The van der Waals surface area contributed by atoms with Gasteiger partial charge in [-0.1, -0.05) is 0 Å². The third-order valence-electron chi connectivity index (χ3n) is 3.62. The van der Waals surface area contributed by atoms with E-state index in [-0.39, 0.29) is 29.9 Å². The molecule has 7 heteroatoms. The maximum atomic E-state index is 12.0. The Morgan fingerprint density at radius 2 is 2.04 bits per heavy atom. The number of nitrogens with one attached hydrogen (secondary N) is 2. The third kappa shape index (κ3) is 4.17. The van der Waals surface area contributed by atoms with Crippen LogP contribution in [0.3, 0.4) is 0 Å². The van der Waals surface area contributed by atoms with E-state index in [2.05, 4.69) is 10.6 Å². The fraction of sp³-hybridized carbons (Fsp3) is 0.312. The number of hydrogen-bond donors (Lipinski definition) is 2. The topological polar surface area (TPSA) is 97.4 Å². The van der Waals surface area contributed by atoms with Crippen LogP contribution in [0.25, 0.3) is 0 Å². The number of nitrogens with zero attached hydrogens (tertiary/aromatic N) is 1. The molecule has 0 aliphatic rings. The number of aryl methyl sites for hydroxylation is 2. The van der Waals surface area contributed by atoms with Crippen molar-refractivity contribution in [3.05, 3.63) is 57.5 Å². The molecule has 2 aromatic rings. The van der Waals surface area contributed by atoms with E-state index < -0.39 is 4.92 Å². The highest BCUT2D eigenvalue weighted by molar-refractivity contribution is 5.94. The van der Waals surface area contributed by atoms with Crippen LogP contribution in [-0.2, 0) is 4.79 Å². The van der Waals surface area contributed by atoms with Gasteiger partial charge in [-0.15, -0.1) is 0 Å². The van der Waals surface area contributed by atoms with E-state index in [9.17, 15) is 14.9 Å². The summed E-state index contributed by atoms with van der Waals surface area (Å²) in [5, 5.41) is 16.7. The van der Waals surface area contributed by atoms with Gasteiger partial charge in [0.05, 0.1) is 23.8 Å². The number of hydrogen-bond acceptors (Lipinski definition) is 5. The molecule has 0 unspecified atom stereocenters. The van der Waals surface area contributed by atoms with Crippen LogP contribution >= 0.6 is 0 Å². The molecular formula is C16H19N3O4. The van der Waals surface area contributed by atoms with E-state index in [4.69, 9.17) is 4.42 Å². The highest BCUT2D eigenvalue weighted by atomic mass is 16.6. The van der Waals surface area contributed by atoms with Gasteiger partial charge in [0.25, 0.3) is 5.69 Å². The Kier molecular flexibility index (Phi) is 5.13. The number of furan rings is 1. The zero-order chi connectivity index (χ0) is 17.0. The van der Waals surface area contributed by atoms with Crippen LogP contribution in [0.4, 0.5) is 11.4 Å². The molecule has 0 spiro atoms. The van der Waals surface area contributed by atoms with E-state index in [0.29, 0.717) is 0 Å². The molecule has 1 amide bonds. The molecule has 122 valence electrons. The Morgan fingerprint density at radius 3 is 2.65 bits per heavy atom. The number of anilines is 1. The van der Waals surface area contributed by atoms with Crippen LogP contribution in [0.15, 0.2) is 34.9 Å². The Morgan fingerprint density at radius 1 is 1.35 bits per heavy atom. The Balaban J connectivity index is 2.02. The summed E-state index contributed by atoms with van der Waals surface area (Å²) in [5.74, 6) is 0.365. The number of nitro benzene ring substituents is 1. The Hall–Kier alpha value is -2.67. The van der Waals surface area contributed by atoms with Gasteiger partial charge < -0.3 is 9.73 Å². The zero-order valence-electron chi connectivity index (χ0n) is 13.3. The van der Waals surface area contributed by atoms with Crippen LogP contribution in [0.1, 0.15) is 29.9 Å². The van der Waals surface area contributed by atoms with Gasteiger partial charge >= 0.3 is 0 Å². The molecule has 0 fully saturated rings. The molecule has 7 nitrogen and oxygen atoms in total. The van der Waals surface area contributed by atoms with Gasteiger partial charge in [0.2, 0.25) is 5.91 Å². The van der Waals surface area contributed by atoms with Gasteiger partial charge in [0.15, 0.2) is 0 Å². The minimum Gasteiger partial charge on any atom is -0.468 e. The lowest BCUT2D eigenvalue weighted by atomic mass is 10.1. The van der Waals surface area contributed by atoms with Crippen molar-refractivity contribution < 1.29 is 14.1 Å². The number of benzene rings is 1. The van der Waals surface area contributed by atoms with E-state index in [0.717, 1.165) is 16.9 Å². The number of nitro groups is 1. The largest absolute Gasteiger partial charge is 0.468 e. The summed E-state index contributed by atoms with van der Waals surface area (Å²) in [6.07, 6.45) is 1.56. The Labute approximate surface area is 133 Å². The van der Waals surface area contributed by atoms with Gasteiger partial charge in [-0.3, -0.25) is 20.2 Å². The average molecular weight is 317 g/mol. The second-order valence-corrected chi connectivity index (χ2v) is 5.38. The average Bonchev–Trinajstić information content (AvgIpc) is 3.02. The van der Waals surface area contributed by atoms with E-state index in [1.165, 1.54) is 6.07 Å². The molecule has 1 aromatic carbocycles. The lowest BCUT2D eigenvalue weighted by Crippen LogP contribution is -2.30. The number of carbonyl (C=O) groups is 1. The Bertz CT molecular complexity index is 710. The summed E-state index contributed by atoms with van der Waals surface area (Å²) >= 11 is 0. The van der Waals surface area contributed by atoms with Crippen molar-refractivity contribution in [1.29, 1.82) is 0 Å². The first-order valence-corrected chi connectivity index (χ1v) is 7.20. The lowest BCUT2D eigenvalue weighted by molar-refractivity contribution is -0.384. The molecule has 0 bridgehead atoms. The lowest BCUT2D eigenvalue weighted by Gasteiger charge is -2.12. The number of rotatable bonds is 6. The molecular weight excluding hydrogens is 298 g/mol. The van der Waals surface area contributed by atoms with Gasteiger partial charge in [-0.25, -0.2) is 0 Å². The fourth-order valence-electron chi connectivity index (χ4n) is 2.13. The van der Waals surface area contributed by atoms with Crippen molar-refractivity contribution in [3.63, 3.8) is 0 Å². The fourth-order valence-corrected chi connectivity index (χ4v) is 2.13. The highest BCUT2D eigenvalue weighted by Gasteiger charge is 2.18. The summed E-state index contributed by atoms with van der Waals surface area (Å²) in [7, 11) is 0. The normalized spacial score (nSPS) is 12.0. The van der Waals surface area contributed by atoms with Gasteiger partial charge in [-0.2, -0.15) is 0 Å². The predicted molar refractivity (Wildman–Crippen MR) is 86.3 cm³/mol. The molecule has 2 N–H and O–H groups in total. The van der Waals surface area contributed by atoms with Gasteiger partial charge in [0, 0.05) is 6.07 Å². The molecule has 0 saturated heterocycles. The number of carbonyl (C=O) groups excluding carboxylic acids is 1. The quantitative estimate of drug-likeness (QED) is 0.630. The minimum absolute atomic E-state index is 0.0198. The maximum absolute atomic E-state index is 12.0. The van der Waals surface area contributed by atoms with Crippen LogP contribution < -0.4 is 10.6 Å². The van der Waals surface area contributed by atoms with Crippen molar-refractivity contribution in [2.45, 2.75) is 26.8 Å². The molecule has 1 heterocycles. The van der Waals surface area contributed by atoms with Crippen LogP contribution in [0, 0.1) is 24.0 Å². The van der Waals surface area contributed by atoms with E-state index in [1.807, 2.05) is 19.9 Å². The van der Waals surface area contributed by atoms with Crippen molar-refractivity contribution in [1.82, 2.24) is 5.32 Å². The summed E-state index contributed by atoms with van der Waals surface area (Å²) in [6, 6.07) is 6.52. The zero-order valence-corrected chi connectivity index (χ0v) is 13.3. The molecule has 1 atom stereocenters. The van der Waals surface area contributed by atoms with Crippen molar-refractivity contribution in [2.24, 2.45) is 0 Å².